The molecule has 2 atom stereocenters. The lowest BCUT2D eigenvalue weighted by Gasteiger charge is -2.18. The van der Waals surface area contributed by atoms with Crippen molar-refractivity contribution in [1.82, 2.24) is 9.88 Å². The minimum Gasteiger partial charge on any atom is -0.390 e. The van der Waals surface area contributed by atoms with E-state index < -0.39 is 12.1 Å². The number of aliphatic hydroxyl groups is 1. The summed E-state index contributed by atoms with van der Waals surface area (Å²) in [6.45, 7) is 0. The van der Waals surface area contributed by atoms with Crippen molar-refractivity contribution in [3.63, 3.8) is 0 Å². The van der Waals surface area contributed by atoms with Crippen LogP contribution in [0.5, 0.6) is 0 Å². The number of aromatic nitrogens is 1. The molecule has 0 saturated carbocycles. The van der Waals surface area contributed by atoms with Crippen LogP contribution >= 0.6 is 0 Å². The number of aryl methyl sites for hydroxylation is 1. The summed E-state index contributed by atoms with van der Waals surface area (Å²) in [5, 5.41) is 12.9. The molecule has 2 N–H and O–H groups in total. The number of benzene rings is 1. The Balaban J connectivity index is 1.85. The van der Waals surface area contributed by atoms with Crippen LogP contribution < -0.4 is 10.9 Å². The molecule has 1 aliphatic rings. The van der Waals surface area contributed by atoms with Crippen LogP contribution in [0.4, 0.5) is 0 Å². The van der Waals surface area contributed by atoms with Gasteiger partial charge in [0.25, 0.3) is 11.5 Å². The Kier molecular flexibility index (Phi) is 3.35. The van der Waals surface area contributed by atoms with Gasteiger partial charge in [-0.2, -0.15) is 0 Å². The Hall–Kier alpha value is -2.40. The van der Waals surface area contributed by atoms with Crippen molar-refractivity contribution in [2.75, 3.05) is 0 Å². The molecule has 0 spiro atoms. The first kappa shape index (κ1) is 13.6. The second kappa shape index (κ2) is 5.18. The molecule has 0 saturated heterocycles. The summed E-state index contributed by atoms with van der Waals surface area (Å²) in [7, 11) is 1.63. The largest absolute Gasteiger partial charge is 0.390 e. The van der Waals surface area contributed by atoms with Crippen molar-refractivity contribution < 1.29 is 9.90 Å². The molecule has 1 aliphatic carbocycles. The zero-order valence-electron chi connectivity index (χ0n) is 11.6. The van der Waals surface area contributed by atoms with E-state index in [-0.39, 0.29) is 11.5 Å². The molecule has 5 nitrogen and oxygen atoms in total. The molecule has 0 radical (unpaired) electrons. The van der Waals surface area contributed by atoms with E-state index in [1.165, 1.54) is 10.6 Å². The molecule has 5 heteroatoms. The van der Waals surface area contributed by atoms with Gasteiger partial charge in [-0.1, -0.05) is 24.3 Å². The lowest BCUT2D eigenvalue weighted by Crippen LogP contribution is -2.34. The first-order valence-corrected chi connectivity index (χ1v) is 6.79. The molecule has 0 fully saturated rings. The highest BCUT2D eigenvalue weighted by Gasteiger charge is 2.32. The van der Waals surface area contributed by atoms with Crippen molar-refractivity contribution in [3.05, 3.63) is 69.6 Å². The van der Waals surface area contributed by atoms with Gasteiger partial charge in [-0.3, -0.25) is 9.59 Å². The fraction of sp³-hybridized carbons (Fsp3) is 0.250. The van der Waals surface area contributed by atoms with E-state index in [1.54, 1.807) is 19.3 Å². The van der Waals surface area contributed by atoms with E-state index in [0.29, 0.717) is 12.0 Å². The molecule has 3 rings (SSSR count). The molecule has 1 amide bonds. The molecule has 1 aromatic carbocycles. The molecule has 0 aliphatic heterocycles. The van der Waals surface area contributed by atoms with Gasteiger partial charge < -0.3 is 15.0 Å². The molecule has 1 aromatic heterocycles. The van der Waals surface area contributed by atoms with Gasteiger partial charge in [-0.15, -0.1) is 0 Å². The van der Waals surface area contributed by atoms with Gasteiger partial charge in [0.15, 0.2) is 0 Å². The minimum atomic E-state index is -0.641. The monoisotopic (exact) mass is 284 g/mol. The molecular weight excluding hydrogens is 268 g/mol. The van der Waals surface area contributed by atoms with Crippen molar-refractivity contribution in [3.8, 4) is 0 Å². The smallest absolute Gasteiger partial charge is 0.252 e. The first-order valence-electron chi connectivity index (χ1n) is 6.79. The number of hydrogen-bond donors (Lipinski definition) is 2. The van der Waals surface area contributed by atoms with Gasteiger partial charge in [-0.05, 0) is 17.2 Å². The van der Waals surface area contributed by atoms with Gasteiger partial charge in [-0.25, -0.2) is 0 Å². The summed E-state index contributed by atoms with van der Waals surface area (Å²) < 4.78 is 1.40. The van der Waals surface area contributed by atoms with Gasteiger partial charge >= 0.3 is 0 Å². The predicted molar refractivity (Wildman–Crippen MR) is 78.0 cm³/mol. The van der Waals surface area contributed by atoms with Crippen LogP contribution in [0.2, 0.25) is 0 Å². The number of nitrogens with zero attached hydrogens (tertiary/aromatic N) is 1. The van der Waals surface area contributed by atoms with Crippen LogP contribution in [0, 0.1) is 0 Å². The Morgan fingerprint density at radius 1 is 1.33 bits per heavy atom. The number of amides is 1. The Morgan fingerprint density at radius 3 is 2.86 bits per heavy atom. The lowest BCUT2D eigenvalue weighted by molar-refractivity contribution is 0.0858. The second-order valence-corrected chi connectivity index (χ2v) is 5.29. The van der Waals surface area contributed by atoms with Gasteiger partial charge in [0.2, 0.25) is 0 Å². The molecule has 2 aromatic rings. The Labute approximate surface area is 121 Å². The molecule has 21 heavy (non-hydrogen) atoms. The van der Waals surface area contributed by atoms with Gasteiger partial charge in [0, 0.05) is 31.3 Å². The van der Waals surface area contributed by atoms with E-state index in [9.17, 15) is 14.7 Å². The van der Waals surface area contributed by atoms with Crippen molar-refractivity contribution >= 4 is 5.91 Å². The highest BCUT2D eigenvalue weighted by molar-refractivity contribution is 5.94. The maximum absolute atomic E-state index is 12.2. The second-order valence-electron chi connectivity index (χ2n) is 5.29. The van der Waals surface area contributed by atoms with Crippen molar-refractivity contribution in [2.45, 2.75) is 18.6 Å². The fourth-order valence-corrected chi connectivity index (χ4v) is 2.66. The summed E-state index contributed by atoms with van der Waals surface area (Å²) in [4.78, 5) is 23.8. The maximum Gasteiger partial charge on any atom is 0.252 e. The summed E-state index contributed by atoms with van der Waals surface area (Å²) in [5.41, 5.74) is 2.03. The Morgan fingerprint density at radius 2 is 2.10 bits per heavy atom. The van der Waals surface area contributed by atoms with Gasteiger partial charge in [0.05, 0.1) is 12.1 Å². The standard InChI is InChI=1S/C16H16N2O3/c1-18-7-6-11(9-14(18)20)16(21)17-15-12-5-3-2-4-10(12)8-13(15)19/h2-7,9,13,15,19H,8H2,1H3,(H,17,21)/t13-,15+/m0/s1. The summed E-state index contributed by atoms with van der Waals surface area (Å²) in [6, 6.07) is 10.1. The molecule has 1 heterocycles. The van der Waals surface area contributed by atoms with Crippen LogP contribution in [0.25, 0.3) is 0 Å². The predicted octanol–water partition coefficient (Wildman–Crippen LogP) is 0.773. The third kappa shape index (κ3) is 2.48. The molecular formula is C16H16N2O3. The number of nitrogens with one attached hydrogen (secondary N) is 1. The maximum atomic E-state index is 12.2. The highest BCUT2D eigenvalue weighted by atomic mass is 16.3. The average molecular weight is 284 g/mol. The first-order chi connectivity index (χ1) is 10.1. The van der Waals surface area contributed by atoms with Crippen LogP contribution in [-0.2, 0) is 13.5 Å². The normalized spacial score (nSPS) is 20.1. The van der Waals surface area contributed by atoms with Crippen molar-refractivity contribution in [2.24, 2.45) is 7.05 Å². The number of rotatable bonds is 2. The fourth-order valence-electron chi connectivity index (χ4n) is 2.66. The van der Waals surface area contributed by atoms with Crippen molar-refractivity contribution in [1.29, 1.82) is 0 Å². The van der Waals surface area contributed by atoms with E-state index in [4.69, 9.17) is 0 Å². The van der Waals surface area contributed by atoms with Crippen LogP contribution in [0.1, 0.15) is 27.5 Å². The molecule has 0 unspecified atom stereocenters. The molecule has 108 valence electrons. The summed E-state index contributed by atoms with van der Waals surface area (Å²) >= 11 is 0. The minimum absolute atomic E-state index is 0.241. The van der Waals surface area contributed by atoms with E-state index in [0.717, 1.165) is 11.1 Å². The third-order valence-corrected chi connectivity index (χ3v) is 3.86. The number of aliphatic hydroxyl groups excluding tert-OH is 1. The SMILES string of the molecule is Cn1ccc(C(=O)N[C@@H]2c3ccccc3C[C@@H]2O)cc1=O. The lowest BCUT2D eigenvalue weighted by atomic mass is 10.1. The number of fused-ring (bicyclic) bond motifs is 1. The number of carbonyl (C=O) groups is 1. The van der Waals surface area contributed by atoms with E-state index >= 15 is 0 Å². The van der Waals surface area contributed by atoms with Crippen LogP contribution in [-0.4, -0.2) is 21.7 Å². The zero-order valence-corrected chi connectivity index (χ0v) is 11.6. The van der Waals surface area contributed by atoms with E-state index in [1.807, 2.05) is 24.3 Å². The number of pyridine rings is 1. The molecule has 0 bridgehead atoms. The average Bonchev–Trinajstić information content (AvgIpc) is 2.78. The third-order valence-electron chi connectivity index (χ3n) is 3.86. The highest BCUT2D eigenvalue weighted by Crippen LogP contribution is 2.31. The summed E-state index contributed by atoms with van der Waals surface area (Å²) in [6.07, 6.45) is 1.44. The topological polar surface area (TPSA) is 71.3 Å². The number of carbonyl (C=O) groups excluding carboxylic acids is 1. The van der Waals surface area contributed by atoms with Crippen LogP contribution in [0.15, 0.2) is 47.4 Å². The van der Waals surface area contributed by atoms with Crippen LogP contribution in [0.3, 0.4) is 0 Å². The van der Waals surface area contributed by atoms with E-state index in [2.05, 4.69) is 5.32 Å². The zero-order chi connectivity index (χ0) is 15.0. The number of hydrogen-bond acceptors (Lipinski definition) is 3. The Bertz CT molecular complexity index is 751. The van der Waals surface area contributed by atoms with Gasteiger partial charge in [0.1, 0.15) is 0 Å². The quantitative estimate of drug-likeness (QED) is 0.856. The summed E-state index contributed by atoms with van der Waals surface area (Å²) in [5.74, 6) is -0.353.